The van der Waals surface area contributed by atoms with Crippen LogP contribution in [0.25, 0.3) is 0 Å². The molecule has 3 aromatic carbocycles. The van der Waals surface area contributed by atoms with Gasteiger partial charge in [0.1, 0.15) is 5.75 Å². The molecule has 0 aliphatic rings. The maximum absolute atomic E-state index is 12.5. The molecule has 0 radical (unpaired) electrons. The van der Waals surface area contributed by atoms with Crippen LogP contribution in [0.4, 0.5) is 5.69 Å². The molecule has 0 saturated heterocycles. The number of aryl methyl sites for hydroxylation is 1. The Morgan fingerprint density at radius 2 is 1.74 bits per heavy atom. The number of benzene rings is 3. The average molecular weight is 526 g/mol. The number of nitrogens with one attached hydrogen (secondary N) is 2. The normalized spacial score (nSPS) is 10.6. The predicted molar refractivity (Wildman–Crippen MR) is 134 cm³/mol. The second-order valence-electron chi connectivity index (χ2n) is 7.16. The molecular formula is C25H24BrN3O5. The Morgan fingerprint density at radius 3 is 2.47 bits per heavy atom. The molecule has 8 nitrogen and oxygen atoms in total. The number of hydrogen-bond acceptors (Lipinski definition) is 6. The summed E-state index contributed by atoms with van der Waals surface area (Å²) in [6, 6.07) is 17.6. The minimum absolute atomic E-state index is 0.186. The number of amides is 2. The molecule has 2 N–H and O–H groups in total. The molecule has 9 heteroatoms. The fourth-order valence-corrected chi connectivity index (χ4v) is 3.40. The lowest BCUT2D eigenvalue weighted by Gasteiger charge is -2.11. The number of hydrogen-bond donors (Lipinski definition) is 2. The molecule has 2 amide bonds. The van der Waals surface area contributed by atoms with Crippen LogP contribution in [0.3, 0.4) is 0 Å². The van der Waals surface area contributed by atoms with Gasteiger partial charge in [0.05, 0.1) is 20.4 Å². The summed E-state index contributed by atoms with van der Waals surface area (Å²) in [6.45, 7) is 1.76. The van der Waals surface area contributed by atoms with E-state index in [0.29, 0.717) is 34.1 Å². The highest BCUT2D eigenvalue weighted by atomic mass is 79.9. The van der Waals surface area contributed by atoms with Crippen LogP contribution in [0.2, 0.25) is 0 Å². The number of rotatable bonds is 9. The predicted octanol–water partition coefficient (Wildman–Crippen LogP) is 4.56. The summed E-state index contributed by atoms with van der Waals surface area (Å²) in [4.78, 5) is 24.7. The molecular weight excluding hydrogens is 502 g/mol. The van der Waals surface area contributed by atoms with Gasteiger partial charge in [-0.15, -0.1) is 0 Å². The largest absolute Gasteiger partial charge is 0.493 e. The third kappa shape index (κ3) is 6.82. The minimum Gasteiger partial charge on any atom is -0.493 e. The molecule has 3 aromatic rings. The van der Waals surface area contributed by atoms with E-state index < -0.39 is 5.91 Å². The molecule has 176 valence electrons. The number of carbonyl (C=O) groups excluding carboxylic acids is 2. The van der Waals surface area contributed by atoms with Crippen molar-refractivity contribution in [2.75, 3.05) is 26.1 Å². The summed E-state index contributed by atoms with van der Waals surface area (Å²) in [6.07, 6.45) is 1.44. The Kier molecular flexibility index (Phi) is 8.64. The number of nitrogens with zero attached hydrogens (tertiary/aromatic N) is 1. The van der Waals surface area contributed by atoms with E-state index in [-0.39, 0.29) is 12.5 Å². The fourth-order valence-electron chi connectivity index (χ4n) is 3.02. The minimum atomic E-state index is -0.424. The Bertz CT molecular complexity index is 1210. The second-order valence-corrected chi connectivity index (χ2v) is 8.07. The van der Waals surface area contributed by atoms with Gasteiger partial charge in [0.15, 0.2) is 18.1 Å². The first-order chi connectivity index (χ1) is 16.4. The number of ether oxygens (including phenoxy) is 3. The van der Waals surface area contributed by atoms with Gasteiger partial charge >= 0.3 is 0 Å². The highest BCUT2D eigenvalue weighted by molar-refractivity contribution is 9.10. The van der Waals surface area contributed by atoms with E-state index in [0.717, 1.165) is 10.0 Å². The van der Waals surface area contributed by atoms with Gasteiger partial charge < -0.3 is 19.5 Å². The van der Waals surface area contributed by atoms with Crippen molar-refractivity contribution in [2.45, 2.75) is 6.92 Å². The van der Waals surface area contributed by atoms with Crippen LogP contribution >= 0.6 is 15.9 Å². The molecule has 0 unspecified atom stereocenters. The summed E-state index contributed by atoms with van der Waals surface area (Å²) < 4.78 is 16.9. The standard InChI is InChI=1S/C25H24BrN3O5/c1-16-5-4-6-20(11-16)28-24(30)15-34-21-10-8-19(26)12-18(21)14-27-29-25(31)17-7-9-22(32-2)23(13-17)33-3/h4-14H,15H2,1-3H3,(H,28,30)(H,29,31)/b27-14+. The van der Waals surface area contributed by atoms with Gasteiger partial charge in [0.2, 0.25) is 0 Å². The van der Waals surface area contributed by atoms with Crippen molar-refractivity contribution in [3.05, 3.63) is 81.8 Å². The van der Waals surface area contributed by atoms with E-state index in [1.54, 1.807) is 36.4 Å². The number of carbonyl (C=O) groups is 2. The zero-order chi connectivity index (χ0) is 24.5. The van der Waals surface area contributed by atoms with Crippen molar-refractivity contribution in [1.29, 1.82) is 0 Å². The summed E-state index contributed by atoms with van der Waals surface area (Å²) >= 11 is 3.40. The molecule has 0 aromatic heterocycles. The van der Waals surface area contributed by atoms with E-state index in [2.05, 4.69) is 31.8 Å². The molecule has 34 heavy (non-hydrogen) atoms. The van der Waals surface area contributed by atoms with Crippen LogP contribution < -0.4 is 25.0 Å². The van der Waals surface area contributed by atoms with Gasteiger partial charge in [-0.3, -0.25) is 9.59 Å². The van der Waals surface area contributed by atoms with Crippen molar-refractivity contribution in [2.24, 2.45) is 5.10 Å². The molecule has 0 fully saturated rings. The van der Waals surface area contributed by atoms with Crippen LogP contribution in [0.15, 0.2) is 70.2 Å². The lowest BCUT2D eigenvalue weighted by atomic mass is 10.2. The molecule has 0 aliphatic heterocycles. The van der Waals surface area contributed by atoms with Crippen molar-refractivity contribution in [1.82, 2.24) is 5.43 Å². The molecule has 0 aliphatic carbocycles. The zero-order valence-corrected chi connectivity index (χ0v) is 20.5. The van der Waals surface area contributed by atoms with Crippen LogP contribution in [0.1, 0.15) is 21.5 Å². The van der Waals surface area contributed by atoms with Crippen LogP contribution in [-0.2, 0) is 4.79 Å². The van der Waals surface area contributed by atoms with Crippen molar-refractivity contribution in [3.63, 3.8) is 0 Å². The van der Waals surface area contributed by atoms with Gasteiger partial charge in [-0.1, -0.05) is 28.1 Å². The lowest BCUT2D eigenvalue weighted by molar-refractivity contribution is -0.118. The zero-order valence-electron chi connectivity index (χ0n) is 18.9. The van der Waals surface area contributed by atoms with E-state index in [1.165, 1.54) is 20.4 Å². The Hall–Kier alpha value is -3.85. The SMILES string of the molecule is COc1ccc(C(=O)N/N=C/c2cc(Br)ccc2OCC(=O)Nc2cccc(C)c2)cc1OC. The summed E-state index contributed by atoms with van der Waals surface area (Å²) in [5.74, 6) is 0.674. The molecule has 0 atom stereocenters. The number of anilines is 1. The van der Waals surface area contributed by atoms with Crippen LogP contribution in [-0.4, -0.2) is 38.9 Å². The fraction of sp³-hybridized carbons (Fsp3) is 0.160. The first-order valence-electron chi connectivity index (χ1n) is 10.2. The molecule has 3 rings (SSSR count). The first-order valence-corrected chi connectivity index (χ1v) is 11.0. The topological polar surface area (TPSA) is 98.3 Å². The van der Waals surface area contributed by atoms with E-state index in [1.807, 2.05) is 31.2 Å². The maximum Gasteiger partial charge on any atom is 0.271 e. The Labute approximate surface area is 206 Å². The second kappa shape index (κ2) is 11.9. The quantitative estimate of drug-likeness (QED) is 0.315. The Morgan fingerprint density at radius 1 is 0.971 bits per heavy atom. The molecule has 0 saturated carbocycles. The van der Waals surface area contributed by atoms with Gasteiger partial charge in [0.25, 0.3) is 11.8 Å². The first kappa shape index (κ1) is 24.8. The monoisotopic (exact) mass is 525 g/mol. The van der Waals surface area contributed by atoms with Gasteiger partial charge in [-0.05, 0) is 61.0 Å². The molecule has 0 bridgehead atoms. The van der Waals surface area contributed by atoms with E-state index in [9.17, 15) is 9.59 Å². The van der Waals surface area contributed by atoms with Gasteiger partial charge in [0, 0.05) is 21.3 Å². The number of methoxy groups -OCH3 is 2. The van der Waals surface area contributed by atoms with Gasteiger partial charge in [-0.2, -0.15) is 5.10 Å². The molecule has 0 heterocycles. The van der Waals surface area contributed by atoms with Crippen molar-refractivity contribution >= 4 is 39.6 Å². The van der Waals surface area contributed by atoms with Gasteiger partial charge in [-0.25, -0.2) is 5.43 Å². The van der Waals surface area contributed by atoms with Crippen molar-refractivity contribution in [3.8, 4) is 17.2 Å². The van der Waals surface area contributed by atoms with Crippen molar-refractivity contribution < 1.29 is 23.8 Å². The number of hydrazone groups is 1. The summed E-state index contributed by atoms with van der Waals surface area (Å²) in [5, 5.41) is 6.82. The Balaban J connectivity index is 1.64. The highest BCUT2D eigenvalue weighted by Crippen LogP contribution is 2.27. The smallest absolute Gasteiger partial charge is 0.271 e. The highest BCUT2D eigenvalue weighted by Gasteiger charge is 2.11. The lowest BCUT2D eigenvalue weighted by Crippen LogP contribution is -2.20. The summed E-state index contributed by atoms with van der Waals surface area (Å²) in [7, 11) is 3.01. The average Bonchev–Trinajstić information content (AvgIpc) is 2.83. The van der Waals surface area contributed by atoms with Crippen LogP contribution in [0.5, 0.6) is 17.2 Å². The maximum atomic E-state index is 12.5. The van der Waals surface area contributed by atoms with E-state index in [4.69, 9.17) is 14.2 Å². The number of halogens is 1. The van der Waals surface area contributed by atoms with Crippen LogP contribution in [0, 0.1) is 6.92 Å². The third-order valence-corrected chi connectivity index (χ3v) is 5.14. The van der Waals surface area contributed by atoms with E-state index >= 15 is 0 Å². The third-order valence-electron chi connectivity index (χ3n) is 4.65. The molecule has 0 spiro atoms. The summed E-state index contributed by atoms with van der Waals surface area (Å²) in [5.41, 5.74) is 5.14.